The standard InChI is InChI=1S/C17H19NO3/c1-12-8-9-14(13(2)18-12)17(19)15-6-4-5-7-16(15)21-11-10-20-3/h4-9H,10-11H2,1-3H3. The molecular weight excluding hydrogens is 266 g/mol. The van der Waals surface area contributed by atoms with Crippen LogP contribution >= 0.6 is 0 Å². The number of benzene rings is 1. The van der Waals surface area contributed by atoms with Gasteiger partial charge < -0.3 is 9.47 Å². The maximum atomic E-state index is 12.7. The quantitative estimate of drug-likeness (QED) is 0.605. The summed E-state index contributed by atoms with van der Waals surface area (Å²) in [5, 5.41) is 0. The molecule has 2 rings (SSSR count). The summed E-state index contributed by atoms with van der Waals surface area (Å²) < 4.78 is 10.6. The van der Waals surface area contributed by atoms with E-state index in [4.69, 9.17) is 9.47 Å². The first kappa shape index (κ1) is 15.2. The van der Waals surface area contributed by atoms with Crippen molar-refractivity contribution in [1.82, 2.24) is 4.98 Å². The zero-order valence-electron chi connectivity index (χ0n) is 12.6. The largest absolute Gasteiger partial charge is 0.490 e. The lowest BCUT2D eigenvalue weighted by atomic mass is 10.0. The fraction of sp³-hybridized carbons (Fsp3) is 0.294. The molecule has 1 aromatic heterocycles. The van der Waals surface area contributed by atoms with Crippen LogP contribution in [0, 0.1) is 13.8 Å². The van der Waals surface area contributed by atoms with E-state index >= 15 is 0 Å². The molecule has 0 amide bonds. The Hall–Kier alpha value is -2.20. The van der Waals surface area contributed by atoms with Crippen molar-refractivity contribution in [3.63, 3.8) is 0 Å². The molecule has 0 N–H and O–H groups in total. The zero-order chi connectivity index (χ0) is 15.2. The van der Waals surface area contributed by atoms with Crippen LogP contribution in [0.1, 0.15) is 27.3 Å². The molecule has 0 radical (unpaired) electrons. The Morgan fingerprint density at radius 2 is 1.81 bits per heavy atom. The first-order valence-electron chi connectivity index (χ1n) is 6.83. The van der Waals surface area contributed by atoms with E-state index in [1.54, 1.807) is 19.2 Å². The van der Waals surface area contributed by atoms with Gasteiger partial charge in [-0.25, -0.2) is 0 Å². The summed E-state index contributed by atoms with van der Waals surface area (Å²) in [7, 11) is 1.61. The van der Waals surface area contributed by atoms with E-state index in [0.717, 1.165) is 11.4 Å². The molecule has 0 spiro atoms. The molecule has 0 fully saturated rings. The molecule has 4 heteroatoms. The number of aromatic nitrogens is 1. The smallest absolute Gasteiger partial charge is 0.198 e. The van der Waals surface area contributed by atoms with Crippen LogP contribution in [0.2, 0.25) is 0 Å². The Morgan fingerprint density at radius 1 is 1.05 bits per heavy atom. The van der Waals surface area contributed by atoms with Crippen LogP contribution in [-0.2, 0) is 4.74 Å². The molecule has 110 valence electrons. The summed E-state index contributed by atoms with van der Waals surface area (Å²) in [6.07, 6.45) is 0. The van der Waals surface area contributed by atoms with Gasteiger partial charge in [0, 0.05) is 24.1 Å². The number of carbonyl (C=O) groups excluding carboxylic acids is 1. The van der Waals surface area contributed by atoms with Crippen LogP contribution < -0.4 is 4.74 Å². The topological polar surface area (TPSA) is 48.4 Å². The molecule has 0 saturated carbocycles. The van der Waals surface area contributed by atoms with E-state index in [0.29, 0.717) is 30.1 Å². The Balaban J connectivity index is 2.30. The fourth-order valence-electron chi connectivity index (χ4n) is 2.09. The first-order valence-corrected chi connectivity index (χ1v) is 6.83. The van der Waals surface area contributed by atoms with E-state index in [2.05, 4.69) is 4.98 Å². The van der Waals surface area contributed by atoms with Crippen molar-refractivity contribution in [3.05, 3.63) is 58.9 Å². The molecule has 0 aliphatic carbocycles. The second-order valence-electron chi connectivity index (χ2n) is 4.75. The van der Waals surface area contributed by atoms with Crippen LogP contribution in [0.3, 0.4) is 0 Å². The Labute approximate surface area is 124 Å². The number of hydrogen-bond acceptors (Lipinski definition) is 4. The van der Waals surface area contributed by atoms with Gasteiger partial charge in [-0.3, -0.25) is 9.78 Å². The number of aryl methyl sites for hydroxylation is 2. The van der Waals surface area contributed by atoms with Crippen molar-refractivity contribution in [2.75, 3.05) is 20.3 Å². The van der Waals surface area contributed by atoms with E-state index in [1.165, 1.54) is 0 Å². The molecular formula is C17H19NO3. The van der Waals surface area contributed by atoms with Gasteiger partial charge in [0.25, 0.3) is 0 Å². The normalized spacial score (nSPS) is 10.4. The highest BCUT2D eigenvalue weighted by molar-refractivity contribution is 6.11. The number of ether oxygens (including phenoxy) is 2. The third kappa shape index (κ3) is 3.67. The lowest BCUT2D eigenvalue weighted by Crippen LogP contribution is -2.10. The minimum atomic E-state index is -0.0759. The molecule has 21 heavy (non-hydrogen) atoms. The summed E-state index contributed by atoms with van der Waals surface area (Å²) in [4.78, 5) is 17.0. The number of nitrogens with zero attached hydrogens (tertiary/aromatic N) is 1. The van der Waals surface area contributed by atoms with Gasteiger partial charge in [0.1, 0.15) is 12.4 Å². The number of methoxy groups -OCH3 is 1. The minimum Gasteiger partial charge on any atom is -0.490 e. The maximum absolute atomic E-state index is 12.7. The summed E-state index contributed by atoms with van der Waals surface area (Å²) in [6.45, 7) is 4.64. The predicted molar refractivity (Wildman–Crippen MR) is 81.0 cm³/mol. The van der Waals surface area contributed by atoms with Gasteiger partial charge in [0.05, 0.1) is 12.2 Å². The van der Waals surface area contributed by atoms with Crippen molar-refractivity contribution in [2.24, 2.45) is 0 Å². The number of ketones is 1. The van der Waals surface area contributed by atoms with Crippen molar-refractivity contribution >= 4 is 5.78 Å². The van der Waals surface area contributed by atoms with Gasteiger partial charge in [-0.2, -0.15) is 0 Å². The van der Waals surface area contributed by atoms with Crippen molar-refractivity contribution < 1.29 is 14.3 Å². The summed E-state index contributed by atoms with van der Waals surface area (Å²) in [6, 6.07) is 10.9. The molecule has 0 aliphatic heterocycles. The van der Waals surface area contributed by atoms with Gasteiger partial charge in [-0.15, -0.1) is 0 Å². The Bertz CT molecular complexity index is 638. The molecule has 0 unspecified atom stereocenters. The first-order chi connectivity index (χ1) is 10.1. The SMILES string of the molecule is COCCOc1ccccc1C(=O)c1ccc(C)nc1C. The predicted octanol–water partition coefficient (Wildman–Crippen LogP) is 2.95. The molecule has 4 nitrogen and oxygen atoms in total. The lowest BCUT2D eigenvalue weighted by Gasteiger charge is -2.11. The van der Waals surface area contributed by atoms with E-state index < -0.39 is 0 Å². The van der Waals surface area contributed by atoms with E-state index in [1.807, 2.05) is 38.1 Å². The number of pyridine rings is 1. The fourth-order valence-corrected chi connectivity index (χ4v) is 2.09. The van der Waals surface area contributed by atoms with Crippen LogP contribution in [0.15, 0.2) is 36.4 Å². The van der Waals surface area contributed by atoms with Gasteiger partial charge in [0.15, 0.2) is 5.78 Å². The number of para-hydroxylation sites is 1. The van der Waals surface area contributed by atoms with Gasteiger partial charge in [-0.1, -0.05) is 12.1 Å². The van der Waals surface area contributed by atoms with Crippen molar-refractivity contribution in [1.29, 1.82) is 0 Å². The Morgan fingerprint density at radius 3 is 2.52 bits per heavy atom. The molecule has 0 bridgehead atoms. The van der Waals surface area contributed by atoms with Gasteiger partial charge >= 0.3 is 0 Å². The zero-order valence-corrected chi connectivity index (χ0v) is 12.6. The number of rotatable bonds is 6. The second-order valence-corrected chi connectivity index (χ2v) is 4.75. The highest BCUT2D eigenvalue weighted by atomic mass is 16.5. The second kappa shape index (κ2) is 6.99. The molecule has 1 aromatic carbocycles. The Kier molecular flexibility index (Phi) is 5.06. The third-order valence-corrected chi connectivity index (χ3v) is 3.15. The minimum absolute atomic E-state index is 0.0759. The highest BCUT2D eigenvalue weighted by Gasteiger charge is 2.16. The van der Waals surface area contributed by atoms with Crippen LogP contribution in [0.4, 0.5) is 0 Å². The third-order valence-electron chi connectivity index (χ3n) is 3.15. The molecule has 0 aliphatic rings. The lowest BCUT2D eigenvalue weighted by molar-refractivity contribution is 0.102. The van der Waals surface area contributed by atoms with Gasteiger partial charge in [0.2, 0.25) is 0 Å². The summed E-state index contributed by atoms with van der Waals surface area (Å²) in [5.41, 5.74) is 2.77. The average Bonchev–Trinajstić information content (AvgIpc) is 2.47. The summed E-state index contributed by atoms with van der Waals surface area (Å²) in [5.74, 6) is 0.493. The number of hydrogen-bond donors (Lipinski definition) is 0. The van der Waals surface area contributed by atoms with Gasteiger partial charge in [-0.05, 0) is 38.1 Å². The van der Waals surface area contributed by atoms with Crippen LogP contribution in [-0.4, -0.2) is 31.1 Å². The monoisotopic (exact) mass is 285 g/mol. The van der Waals surface area contributed by atoms with Crippen LogP contribution in [0.25, 0.3) is 0 Å². The van der Waals surface area contributed by atoms with E-state index in [-0.39, 0.29) is 5.78 Å². The molecule has 0 saturated heterocycles. The van der Waals surface area contributed by atoms with E-state index in [9.17, 15) is 4.79 Å². The molecule has 0 atom stereocenters. The molecule has 2 aromatic rings. The summed E-state index contributed by atoms with van der Waals surface area (Å²) >= 11 is 0. The highest BCUT2D eigenvalue weighted by Crippen LogP contribution is 2.22. The number of carbonyl (C=O) groups is 1. The van der Waals surface area contributed by atoms with Crippen molar-refractivity contribution in [2.45, 2.75) is 13.8 Å². The maximum Gasteiger partial charge on any atom is 0.198 e. The average molecular weight is 285 g/mol. The van der Waals surface area contributed by atoms with Crippen LogP contribution in [0.5, 0.6) is 5.75 Å². The molecule has 1 heterocycles. The van der Waals surface area contributed by atoms with Crippen molar-refractivity contribution in [3.8, 4) is 5.75 Å².